The zero-order chi connectivity index (χ0) is 13.4. The molecule has 0 aliphatic carbocycles. The second-order valence-corrected chi connectivity index (χ2v) is 6.29. The number of fused-ring (bicyclic) bond motifs is 1. The molecule has 0 aliphatic heterocycles. The topological polar surface area (TPSA) is 30.2 Å². The van der Waals surface area contributed by atoms with Gasteiger partial charge in [0.05, 0.1) is 3.57 Å². The third-order valence-corrected chi connectivity index (χ3v) is 4.78. The molecule has 0 saturated heterocycles. The van der Waals surface area contributed by atoms with Gasteiger partial charge in [-0.3, -0.25) is 4.79 Å². The van der Waals surface area contributed by atoms with Crippen LogP contribution in [0.15, 0.2) is 52.9 Å². The lowest BCUT2D eigenvalue weighted by Gasteiger charge is -1.97. The number of halogens is 2. The van der Waals surface area contributed by atoms with Gasteiger partial charge in [0.2, 0.25) is 5.78 Å². The fourth-order valence-corrected chi connectivity index (χ4v) is 4.11. The van der Waals surface area contributed by atoms with Gasteiger partial charge in [0, 0.05) is 14.5 Å². The molecule has 0 radical (unpaired) electrons. The summed E-state index contributed by atoms with van der Waals surface area (Å²) in [4.78, 5) is 12.4. The van der Waals surface area contributed by atoms with Crippen molar-refractivity contribution in [2.24, 2.45) is 0 Å². The molecule has 1 heterocycles. The lowest BCUT2D eigenvalue weighted by Crippen LogP contribution is -2.00. The van der Waals surface area contributed by atoms with E-state index < -0.39 is 0 Å². The molecule has 0 fully saturated rings. The summed E-state index contributed by atoms with van der Waals surface area (Å²) in [6.45, 7) is 0. The highest BCUT2D eigenvalue weighted by atomic mass is 127. The zero-order valence-electron chi connectivity index (χ0n) is 9.69. The maximum absolute atomic E-state index is 12.4. The molecular weight excluding hydrogens is 466 g/mol. The highest BCUT2D eigenvalue weighted by molar-refractivity contribution is 14.1. The van der Waals surface area contributed by atoms with Gasteiger partial charge in [-0.2, -0.15) is 0 Å². The molecule has 0 spiro atoms. The van der Waals surface area contributed by atoms with Gasteiger partial charge in [-0.1, -0.05) is 36.4 Å². The van der Waals surface area contributed by atoms with E-state index in [1.54, 1.807) is 12.1 Å². The number of carbonyl (C=O) groups excluding carboxylic acids is 1. The van der Waals surface area contributed by atoms with Crippen molar-refractivity contribution in [2.45, 2.75) is 0 Å². The monoisotopic (exact) mass is 474 g/mol. The van der Waals surface area contributed by atoms with Crippen LogP contribution >= 0.6 is 45.2 Å². The second kappa shape index (κ2) is 5.24. The molecular formula is C15H8I2O2. The Labute approximate surface area is 137 Å². The minimum absolute atomic E-state index is 0.0722. The van der Waals surface area contributed by atoms with Crippen molar-refractivity contribution < 1.29 is 9.21 Å². The molecule has 0 amide bonds. The normalized spacial score (nSPS) is 10.8. The zero-order valence-corrected chi connectivity index (χ0v) is 14.0. The Morgan fingerprint density at radius 1 is 0.947 bits per heavy atom. The van der Waals surface area contributed by atoms with Crippen LogP contribution in [0.3, 0.4) is 0 Å². The van der Waals surface area contributed by atoms with E-state index >= 15 is 0 Å². The Kier molecular flexibility index (Phi) is 3.62. The molecule has 0 atom stereocenters. The molecule has 94 valence electrons. The largest absolute Gasteiger partial charge is 0.451 e. The first-order valence-electron chi connectivity index (χ1n) is 5.65. The maximum Gasteiger partial charge on any atom is 0.229 e. The summed E-state index contributed by atoms with van der Waals surface area (Å²) in [7, 11) is 0. The Balaban J connectivity index is 2.19. The summed E-state index contributed by atoms with van der Waals surface area (Å²) in [5, 5.41) is 1.02. The van der Waals surface area contributed by atoms with Crippen LogP contribution in [-0.4, -0.2) is 5.78 Å². The van der Waals surface area contributed by atoms with Gasteiger partial charge in [-0.05, 0) is 57.3 Å². The summed E-state index contributed by atoms with van der Waals surface area (Å²) < 4.78 is 7.71. The number of hydrogen-bond acceptors (Lipinski definition) is 2. The molecule has 1 aromatic heterocycles. The van der Waals surface area contributed by atoms with E-state index in [1.165, 1.54) is 0 Å². The number of hydrogen-bond donors (Lipinski definition) is 0. The quantitative estimate of drug-likeness (QED) is 0.392. The molecule has 4 heteroatoms. The highest BCUT2D eigenvalue weighted by Gasteiger charge is 2.21. The van der Waals surface area contributed by atoms with Gasteiger partial charge in [-0.25, -0.2) is 0 Å². The summed E-state index contributed by atoms with van der Waals surface area (Å²) in [6, 6.07) is 15.0. The number of rotatable bonds is 2. The van der Waals surface area contributed by atoms with Gasteiger partial charge in [0.1, 0.15) is 5.58 Å². The van der Waals surface area contributed by atoms with Crippen LogP contribution in [0.1, 0.15) is 16.1 Å². The van der Waals surface area contributed by atoms with Crippen molar-refractivity contribution in [1.82, 2.24) is 0 Å². The summed E-state index contributed by atoms with van der Waals surface area (Å²) >= 11 is 4.44. The van der Waals surface area contributed by atoms with E-state index in [4.69, 9.17) is 4.42 Å². The SMILES string of the molecule is O=C(c1ccccc1)c1oc2cccc(I)c2c1I. The van der Waals surface area contributed by atoms with E-state index in [1.807, 2.05) is 36.4 Å². The van der Waals surface area contributed by atoms with E-state index in [9.17, 15) is 4.79 Å². The molecule has 2 nitrogen and oxygen atoms in total. The van der Waals surface area contributed by atoms with E-state index in [0.717, 1.165) is 18.1 Å². The smallest absolute Gasteiger partial charge is 0.229 e. The van der Waals surface area contributed by atoms with Crippen LogP contribution in [0, 0.1) is 7.14 Å². The average Bonchev–Trinajstić information content (AvgIpc) is 2.78. The lowest BCUT2D eigenvalue weighted by atomic mass is 10.1. The number of ketones is 1. The van der Waals surface area contributed by atoms with Crippen molar-refractivity contribution in [3.8, 4) is 0 Å². The van der Waals surface area contributed by atoms with Gasteiger partial charge < -0.3 is 4.42 Å². The van der Waals surface area contributed by atoms with Crippen LogP contribution in [0.4, 0.5) is 0 Å². The first kappa shape index (κ1) is 13.1. The minimum atomic E-state index is -0.0722. The minimum Gasteiger partial charge on any atom is -0.451 e. The molecule has 3 rings (SSSR count). The van der Waals surface area contributed by atoms with Crippen molar-refractivity contribution in [1.29, 1.82) is 0 Å². The Hall–Kier alpha value is -0.890. The van der Waals surface area contributed by atoms with Crippen molar-refractivity contribution in [3.05, 3.63) is 67.0 Å². The van der Waals surface area contributed by atoms with Crippen LogP contribution in [-0.2, 0) is 0 Å². The third kappa shape index (κ3) is 2.31. The lowest BCUT2D eigenvalue weighted by molar-refractivity contribution is 0.101. The highest BCUT2D eigenvalue weighted by Crippen LogP contribution is 2.32. The molecule has 2 aromatic carbocycles. The van der Waals surface area contributed by atoms with Crippen LogP contribution in [0.2, 0.25) is 0 Å². The number of benzene rings is 2. The van der Waals surface area contributed by atoms with Gasteiger partial charge in [0.25, 0.3) is 0 Å². The average molecular weight is 474 g/mol. The van der Waals surface area contributed by atoms with E-state index in [-0.39, 0.29) is 5.78 Å². The van der Waals surface area contributed by atoms with E-state index in [0.29, 0.717) is 11.3 Å². The molecule has 3 aromatic rings. The fourth-order valence-electron chi connectivity index (χ4n) is 1.94. The molecule has 0 saturated carbocycles. The Bertz CT molecular complexity index is 760. The molecule has 0 bridgehead atoms. The molecule has 0 unspecified atom stereocenters. The van der Waals surface area contributed by atoms with Crippen LogP contribution in [0.5, 0.6) is 0 Å². The Morgan fingerprint density at radius 3 is 2.37 bits per heavy atom. The van der Waals surface area contributed by atoms with Gasteiger partial charge in [-0.15, -0.1) is 0 Å². The third-order valence-electron chi connectivity index (χ3n) is 2.85. The Morgan fingerprint density at radius 2 is 1.68 bits per heavy atom. The summed E-state index contributed by atoms with van der Waals surface area (Å²) in [5.41, 5.74) is 1.41. The first-order valence-corrected chi connectivity index (χ1v) is 7.80. The first-order chi connectivity index (χ1) is 9.18. The van der Waals surface area contributed by atoms with Gasteiger partial charge >= 0.3 is 0 Å². The number of furan rings is 1. The predicted molar refractivity (Wildman–Crippen MR) is 91.5 cm³/mol. The summed E-state index contributed by atoms with van der Waals surface area (Å²) in [5.74, 6) is 0.350. The van der Waals surface area contributed by atoms with E-state index in [2.05, 4.69) is 45.2 Å². The van der Waals surface area contributed by atoms with Crippen molar-refractivity contribution in [3.63, 3.8) is 0 Å². The number of carbonyl (C=O) groups is 1. The fraction of sp³-hybridized carbons (Fsp3) is 0. The summed E-state index contributed by atoms with van der Waals surface area (Å²) in [6.07, 6.45) is 0. The molecule has 19 heavy (non-hydrogen) atoms. The second-order valence-electron chi connectivity index (χ2n) is 4.05. The molecule has 0 aliphatic rings. The van der Waals surface area contributed by atoms with Crippen LogP contribution < -0.4 is 0 Å². The van der Waals surface area contributed by atoms with Crippen LogP contribution in [0.25, 0.3) is 11.0 Å². The molecule has 0 N–H and O–H groups in total. The van der Waals surface area contributed by atoms with Crippen molar-refractivity contribution in [2.75, 3.05) is 0 Å². The van der Waals surface area contributed by atoms with Gasteiger partial charge in [0.15, 0.2) is 5.76 Å². The predicted octanol–water partition coefficient (Wildman–Crippen LogP) is 4.87. The van der Waals surface area contributed by atoms with Crippen molar-refractivity contribution >= 4 is 61.9 Å². The maximum atomic E-state index is 12.4. The standard InChI is InChI=1S/C15H8I2O2/c16-10-7-4-8-11-12(10)13(17)15(19-11)14(18)9-5-2-1-3-6-9/h1-8H.